The minimum atomic E-state index is -0.640. The van der Waals surface area contributed by atoms with E-state index >= 15 is 0 Å². The Morgan fingerprint density at radius 2 is 1.40 bits per heavy atom. The Hall–Kier alpha value is -3.53. The quantitative estimate of drug-likeness (QED) is 0.528. The maximum Gasteiger partial charge on any atom is 0.186 e. The number of allylic oxidation sites excluding steroid dienone is 1. The lowest BCUT2D eigenvalue weighted by Crippen LogP contribution is -2.40. The minimum absolute atomic E-state index is 0.0586. The van der Waals surface area contributed by atoms with Crippen LogP contribution in [0.25, 0.3) is 0 Å². The standard InChI is InChI=1S/C26H22FNO2/c1-17-23(18(2)29)24(19-9-5-3-6-10-19)25(28(17)22-11-7-4-8-12-22)26(30)20-13-15-21(27)16-14-20/h3-16,24-25H,1-2H3. The molecule has 4 rings (SSSR count). The van der Waals surface area contributed by atoms with Gasteiger partial charge in [-0.3, -0.25) is 9.59 Å². The molecule has 0 N–H and O–H groups in total. The summed E-state index contributed by atoms with van der Waals surface area (Å²) in [6, 6.07) is 24.2. The fourth-order valence-corrected chi connectivity index (χ4v) is 4.35. The summed E-state index contributed by atoms with van der Waals surface area (Å²) in [5.74, 6) is -1.02. The van der Waals surface area contributed by atoms with Gasteiger partial charge in [0.2, 0.25) is 0 Å². The Kier molecular flexibility index (Phi) is 5.32. The number of anilines is 1. The van der Waals surface area contributed by atoms with Gasteiger partial charge in [0.25, 0.3) is 0 Å². The van der Waals surface area contributed by atoms with E-state index in [-0.39, 0.29) is 11.6 Å². The lowest BCUT2D eigenvalue weighted by molar-refractivity contribution is -0.113. The third-order valence-corrected chi connectivity index (χ3v) is 5.63. The molecular weight excluding hydrogens is 377 g/mol. The number of carbonyl (C=O) groups excluding carboxylic acids is 2. The highest BCUT2D eigenvalue weighted by atomic mass is 19.1. The van der Waals surface area contributed by atoms with E-state index < -0.39 is 17.8 Å². The van der Waals surface area contributed by atoms with Gasteiger partial charge in [0.05, 0.1) is 0 Å². The van der Waals surface area contributed by atoms with Crippen LogP contribution in [-0.2, 0) is 4.79 Å². The lowest BCUT2D eigenvalue weighted by atomic mass is 9.82. The average molecular weight is 399 g/mol. The summed E-state index contributed by atoms with van der Waals surface area (Å²) in [6.07, 6.45) is 0. The predicted octanol–water partition coefficient (Wildman–Crippen LogP) is 5.54. The molecule has 0 bridgehead atoms. The van der Waals surface area contributed by atoms with Crippen molar-refractivity contribution in [3.63, 3.8) is 0 Å². The molecule has 2 unspecified atom stereocenters. The van der Waals surface area contributed by atoms with Crippen molar-refractivity contribution in [2.24, 2.45) is 0 Å². The fraction of sp³-hybridized carbons (Fsp3) is 0.154. The normalized spacial score (nSPS) is 18.6. The number of nitrogens with zero attached hydrogens (tertiary/aromatic N) is 1. The van der Waals surface area contributed by atoms with Crippen LogP contribution in [0.5, 0.6) is 0 Å². The smallest absolute Gasteiger partial charge is 0.186 e. The molecule has 1 heterocycles. The van der Waals surface area contributed by atoms with Gasteiger partial charge in [0.1, 0.15) is 11.9 Å². The molecule has 1 aliphatic heterocycles. The van der Waals surface area contributed by atoms with Crippen LogP contribution in [0.3, 0.4) is 0 Å². The van der Waals surface area contributed by atoms with E-state index in [0.717, 1.165) is 16.9 Å². The van der Waals surface area contributed by atoms with Crippen molar-refractivity contribution in [1.82, 2.24) is 0 Å². The van der Waals surface area contributed by atoms with Crippen molar-refractivity contribution in [3.05, 3.63) is 113 Å². The van der Waals surface area contributed by atoms with E-state index in [1.54, 1.807) is 6.92 Å². The van der Waals surface area contributed by atoms with Crippen molar-refractivity contribution < 1.29 is 14.0 Å². The zero-order valence-electron chi connectivity index (χ0n) is 16.9. The summed E-state index contributed by atoms with van der Waals surface area (Å²) in [5, 5.41) is 0. The molecule has 0 saturated heterocycles. The first-order valence-electron chi connectivity index (χ1n) is 9.89. The molecular formula is C26H22FNO2. The van der Waals surface area contributed by atoms with E-state index in [4.69, 9.17) is 0 Å². The second-order valence-corrected chi connectivity index (χ2v) is 7.47. The van der Waals surface area contributed by atoms with Gasteiger partial charge in [-0.1, -0.05) is 48.5 Å². The average Bonchev–Trinajstić information content (AvgIpc) is 3.08. The first kappa shape index (κ1) is 19.8. The number of hydrogen-bond donors (Lipinski definition) is 0. The molecule has 0 aliphatic carbocycles. The van der Waals surface area contributed by atoms with Gasteiger partial charge >= 0.3 is 0 Å². The summed E-state index contributed by atoms with van der Waals surface area (Å²) in [7, 11) is 0. The monoisotopic (exact) mass is 399 g/mol. The number of halogens is 1. The van der Waals surface area contributed by atoms with Crippen LogP contribution >= 0.6 is 0 Å². The Morgan fingerprint density at radius 1 is 0.833 bits per heavy atom. The van der Waals surface area contributed by atoms with Crippen LogP contribution in [0, 0.1) is 5.82 Å². The van der Waals surface area contributed by atoms with E-state index in [9.17, 15) is 14.0 Å². The molecule has 30 heavy (non-hydrogen) atoms. The largest absolute Gasteiger partial charge is 0.333 e. The van der Waals surface area contributed by atoms with E-state index in [0.29, 0.717) is 11.1 Å². The molecule has 3 aromatic rings. The molecule has 0 spiro atoms. The second kappa shape index (κ2) is 8.07. The molecule has 3 aromatic carbocycles. The number of benzene rings is 3. The number of rotatable bonds is 5. The maximum absolute atomic E-state index is 13.7. The van der Waals surface area contributed by atoms with Crippen LogP contribution in [0.4, 0.5) is 10.1 Å². The summed E-state index contributed by atoms with van der Waals surface area (Å²) >= 11 is 0. The Labute approximate surface area is 175 Å². The van der Waals surface area contributed by atoms with Gasteiger partial charge in [0, 0.05) is 28.4 Å². The first-order chi connectivity index (χ1) is 14.5. The maximum atomic E-state index is 13.7. The second-order valence-electron chi connectivity index (χ2n) is 7.47. The van der Waals surface area contributed by atoms with Crippen LogP contribution < -0.4 is 4.90 Å². The highest BCUT2D eigenvalue weighted by Gasteiger charge is 2.46. The molecule has 1 aliphatic rings. The SMILES string of the molecule is CC(=O)C1=C(C)N(c2ccccc2)C(C(=O)c2ccc(F)cc2)C1c1ccccc1. The number of para-hydroxylation sites is 1. The van der Waals surface area contributed by atoms with Crippen LogP contribution in [-0.4, -0.2) is 17.6 Å². The molecule has 4 heteroatoms. The number of carbonyl (C=O) groups is 2. The van der Waals surface area contributed by atoms with Gasteiger partial charge in [-0.05, 0) is 55.8 Å². The van der Waals surface area contributed by atoms with E-state index in [2.05, 4.69) is 0 Å². The molecule has 0 amide bonds. The Bertz CT molecular complexity index is 1100. The van der Waals surface area contributed by atoms with Crippen molar-refractivity contribution in [2.45, 2.75) is 25.8 Å². The highest BCUT2D eigenvalue weighted by molar-refractivity contribution is 6.08. The predicted molar refractivity (Wildman–Crippen MR) is 116 cm³/mol. The van der Waals surface area contributed by atoms with Crippen molar-refractivity contribution >= 4 is 17.3 Å². The van der Waals surface area contributed by atoms with E-state index in [1.165, 1.54) is 24.3 Å². The molecule has 0 radical (unpaired) electrons. The number of ketones is 2. The van der Waals surface area contributed by atoms with E-state index in [1.807, 2.05) is 72.5 Å². The minimum Gasteiger partial charge on any atom is -0.333 e. The third kappa shape index (κ3) is 3.45. The van der Waals surface area contributed by atoms with Gasteiger partial charge in [0.15, 0.2) is 11.6 Å². The molecule has 3 nitrogen and oxygen atoms in total. The van der Waals surface area contributed by atoms with Crippen molar-refractivity contribution in [3.8, 4) is 0 Å². The number of hydrogen-bond acceptors (Lipinski definition) is 3. The van der Waals surface area contributed by atoms with Gasteiger partial charge < -0.3 is 4.90 Å². The fourth-order valence-electron chi connectivity index (χ4n) is 4.35. The lowest BCUT2D eigenvalue weighted by Gasteiger charge is -2.31. The molecule has 150 valence electrons. The van der Waals surface area contributed by atoms with Gasteiger partial charge in [-0.25, -0.2) is 4.39 Å². The summed E-state index contributed by atoms with van der Waals surface area (Å²) in [6.45, 7) is 3.43. The Balaban J connectivity index is 1.92. The molecule has 0 aromatic heterocycles. The summed E-state index contributed by atoms with van der Waals surface area (Å²) in [5.41, 5.74) is 3.56. The molecule has 0 saturated carbocycles. The molecule has 2 atom stereocenters. The molecule has 0 fully saturated rings. The zero-order chi connectivity index (χ0) is 21.3. The van der Waals surface area contributed by atoms with Gasteiger partial charge in [-0.15, -0.1) is 0 Å². The first-order valence-corrected chi connectivity index (χ1v) is 9.89. The number of Topliss-reactive ketones (excluding diaryl/α,β-unsaturated/α-hetero) is 2. The zero-order valence-corrected chi connectivity index (χ0v) is 16.9. The Morgan fingerprint density at radius 3 is 1.97 bits per heavy atom. The summed E-state index contributed by atoms with van der Waals surface area (Å²) in [4.78, 5) is 28.4. The topological polar surface area (TPSA) is 37.4 Å². The van der Waals surface area contributed by atoms with Crippen LogP contribution in [0.15, 0.2) is 96.2 Å². The van der Waals surface area contributed by atoms with Crippen LogP contribution in [0.2, 0.25) is 0 Å². The van der Waals surface area contributed by atoms with Crippen molar-refractivity contribution in [2.75, 3.05) is 4.90 Å². The third-order valence-electron chi connectivity index (χ3n) is 5.63. The van der Waals surface area contributed by atoms with Crippen LogP contribution in [0.1, 0.15) is 35.7 Å². The van der Waals surface area contributed by atoms with Crippen molar-refractivity contribution in [1.29, 1.82) is 0 Å². The summed E-state index contributed by atoms with van der Waals surface area (Å²) < 4.78 is 13.5. The highest BCUT2D eigenvalue weighted by Crippen LogP contribution is 2.45. The van der Waals surface area contributed by atoms with Gasteiger partial charge in [-0.2, -0.15) is 0 Å².